The minimum Gasteiger partial charge on any atom is -1.00 e. The molecule has 4 aliphatic carbocycles. The van der Waals surface area contributed by atoms with Gasteiger partial charge in [0.15, 0.2) is 0 Å². The molecule has 4 unspecified atom stereocenters. The number of hydrogen-bond acceptors (Lipinski definition) is 3. The SMILES string of the molecule is CCC[C@H]([NH2+]C(CC)CC)c1cccc(OCC[C@]23CCC4C(CCC5CC(=O)CC[C@@]54C)C2CC[C@@H]3O)c1.[Cl-]. The highest BCUT2D eigenvalue weighted by molar-refractivity contribution is 5.79. The fourth-order valence-electron chi connectivity index (χ4n) is 10.1. The fraction of sp³-hybridized carbons (Fsp3) is 0.800. The zero-order valence-electron chi connectivity index (χ0n) is 25.7. The molecule has 5 heteroatoms. The molecule has 226 valence electrons. The molecule has 4 aliphatic rings. The molecule has 4 saturated carbocycles. The van der Waals surface area contributed by atoms with Gasteiger partial charge in [-0.3, -0.25) is 4.79 Å². The van der Waals surface area contributed by atoms with Gasteiger partial charge in [0.1, 0.15) is 17.6 Å². The summed E-state index contributed by atoms with van der Waals surface area (Å²) in [4.78, 5) is 12.2. The number of carbonyl (C=O) groups excluding carboxylic acids is 1. The number of hydrogen-bond donors (Lipinski definition) is 2. The van der Waals surface area contributed by atoms with Gasteiger partial charge in [0.25, 0.3) is 0 Å². The van der Waals surface area contributed by atoms with Crippen LogP contribution in [0.25, 0.3) is 0 Å². The Hall–Kier alpha value is -1.10. The predicted molar refractivity (Wildman–Crippen MR) is 158 cm³/mol. The Kier molecular flexibility index (Phi) is 10.7. The maximum atomic E-state index is 12.2. The molecule has 0 saturated heterocycles. The number of ether oxygens (including phenoxy) is 1. The van der Waals surface area contributed by atoms with E-state index in [1.807, 2.05) is 0 Å². The van der Waals surface area contributed by atoms with Crippen LogP contribution in [0.15, 0.2) is 24.3 Å². The summed E-state index contributed by atoms with van der Waals surface area (Å²) in [5.74, 6) is 4.12. The summed E-state index contributed by atoms with van der Waals surface area (Å²) >= 11 is 0. The monoisotopic (exact) mass is 573 g/mol. The first-order chi connectivity index (χ1) is 18.8. The molecule has 4 fully saturated rings. The molecule has 0 aliphatic heterocycles. The lowest BCUT2D eigenvalue weighted by Gasteiger charge is -2.60. The highest BCUT2D eigenvalue weighted by atomic mass is 35.5. The summed E-state index contributed by atoms with van der Waals surface area (Å²) in [6.45, 7) is 10.1. The number of fused-ring (bicyclic) bond motifs is 5. The summed E-state index contributed by atoms with van der Waals surface area (Å²) in [5, 5.41) is 14.0. The Balaban J connectivity index is 0.00000370. The summed E-state index contributed by atoms with van der Waals surface area (Å²) in [7, 11) is 0. The largest absolute Gasteiger partial charge is 1.00 e. The van der Waals surface area contributed by atoms with E-state index in [4.69, 9.17) is 4.74 Å². The zero-order chi connectivity index (χ0) is 27.6. The van der Waals surface area contributed by atoms with Crippen molar-refractivity contribution >= 4 is 5.78 Å². The van der Waals surface area contributed by atoms with E-state index < -0.39 is 0 Å². The first kappa shape index (κ1) is 31.8. The van der Waals surface area contributed by atoms with Crippen molar-refractivity contribution in [1.82, 2.24) is 0 Å². The van der Waals surface area contributed by atoms with Crippen LogP contribution in [-0.4, -0.2) is 29.6 Å². The summed E-state index contributed by atoms with van der Waals surface area (Å²) in [5.41, 5.74) is 1.73. The molecule has 5 rings (SSSR count). The molecule has 0 bridgehead atoms. The lowest BCUT2D eigenvalue weighted by molar-refractivity contribution is -0.729. The second-order valence-corrected chi connectivity index (χ2v) is 14.1. The van der Waals surface area contributed by atoms with Gasteiger partial charge in [-0.05, 0) is 105 Å². The molecular weight excluding hydrogens is 518 g/mol. The Labute approximate surface area is 250 Å². The first-order valence-corrected chi connectivity index (χ1v) is 16.6. The lowest BCUT2D eigenvalue weighted by Crippen LogP contribution is -3.00. The molecule has 0 spiro atoms. The standard InChI is InChI=1S/C35H55NO3.ClH/c1-5-9-32(36-26(6-2)7-3)24-10-8-11-28(22-24)39-21-20-35-19-17-30-29(31(35)14-15-33(35)38)13-12-25-23-27(37)16-18-34(25,30)4;/h8,10-11,22,25-26,29-33,36,38H,5-7,9,12-21,23H2,1-4H3;1H/t25?,29?,30?,31?,32-,33-,34-,35+;/m0./s1. The van der Waals surface area contributed by atoms with E-state index in [2.05, 4.69) is 57.3 Å². The first-order valence-electron chi connectivity index (χ1n) is 16.6. The quantitative estimate of drug-likeness (QED) is 0.420. The van der Waals surface area contributed by atoms with Crippen molar-refractivity contribution in [1.29, 1.82) is 0 Å². The van der Waals surface area contributed by atoms with Crippen LogP contribution in [0.4, 0.5) is 0 Å². The molecular formula is C35H56ClNO3. The van der Waals surface area contributed by atoms with Gasteiger partial charge < -0.3 is 27.6 Å². The van der Waals surface area contributed by atoms with Gasteiger partial charge in [-0.1, -0.05) is 46.2 Å². The number of aliphatic hydroxyl groups is 1. The molecule has 1 aromatic rings. The van der Waals surface area contributed by atoms with E-state index in [-0.39, 0.29) is 23.9 Å². The van der Waals surface area contributed by atoms with Crippen molar-refractivity contribution < 1.29 is 32.4 Å². The van der Waals surface area contributed by atoms with Crippen molar-refractivity contribution in [3.63, 3.8) is 0 Å². The number of halogens is 1. The van der Waals surface area contributed by atoms with E-state index in [0.717, 1.165) is 50.2 Å². The average Bonchev–Trinajstić information content (AvgIpc) is 3.28. The summed E-state index contributed by atoms with van der Waals surface area (Å²) in [6.07, 6.45) is 15.2. The zero-order valence-corrected chi connectivity index (χ0v) is 26.4. The molecule has 0 heterocycles. The third-order valence-electron chi connectivity index (χ3n) is 12.4. The lowest BCUT2D eigenvalue weighted by atomic mass is 9.44. The van der Waals surface area contributed by atoms with Crippen LogP contribution in [0.5, 0.6) is 5.75 Å². The highest BCUT2D eigenvalue weighted by Crippen LogP contribution is 2.66. The van der Waals surface area contributed by atoms with Crippen LogP contribution in [0.2, 0.25) is 0 Å². The summed E-state index contributed by atoms with van der Waals surface area (Å²) in [6, 6.07) is 10.0. The van der Waals surface area contributed by atoms with Crippen LogP contribution in [0.3, 0.4) is 0 Å². The molecule has 1 aromatic carbocycles. The van der Waals surface area contributed by atoms with Gasteiger partial charge in [-0.15, -0.1) is 0 Å². The predicted octanol–water partition coefficient (Wildman–Crippen LogP) is 4.01. The number of ketones is 1. The van der Waals surface area contributed by atoms with Crippen molar-refractivity contribution in [3.8, 4) is 5.75 Å². The molecule has 0 radical (unpaired) electrons. The third kappa shape index (κ3) is 6.02. The average molecular weight is 574 g/mol. The fourth-order valence-corrected chi connectivity index (χ4v) is 10.1. The van der Waals surface area contributed by atoms with Gasteiger partial charge in [0.2, 0.25) is 0 Å². The second-order valence-electron chi connectivity index (χ2n) is 14.1. The van der Waals surface area contributed by atoms with E-state index in [1.165, 1.54) is 56.9 Å². The molecule has 0 aromatic heterocycles. The van der Waals surface area contributed by atoms with Crippen LogP contribution in [0, 0.1) is 34.5 Å². The Morgan fingerprint density at radius 1 is 1.05 bits per heavy atom. The highest BCUT2D eigenvalue weighted by Gasteiger charge is 2.61. The molecule has 3 N–H and O–H groups in total. The van der Waals surface area contributed by atoms with Gasteiger partial charge in [0, 0.05) is 30.2 Å². The van der Waals surface area contributed by atoms with Crippen LogP contribution in [0.1, 0.15) is 129 Å². The Morgan fingerprint density at radius 2 is 1.85 bits per heavy atom. The summed E-state index contributed by atoms with van der Waals surface area (Å²) < 4.78 is 6.48. The van der Waals surface area contributed by atoms with E-state index in [0.29, 0.717) is 47.6 Å². The number of benzene rings is 1. The van der Waals surface area contributed by atoms with Crippen LogP contribution < -0.4 is 22.5 Å². The van der Waals surface area contributed by atoms with Crippen molar-refractivity contribution in [3.05, 3.63) is 29.8 Å². The normalized spacial score (nSPS) is 35.9. The number of aliphatic hydroxyl groups excluding tert-OH is 1. The van der Waals surface area contributed by atoms with Crippen molar-refractivity contribution in [2.24, 2.45) is 34.5 Å². The van der Waals surface area contributed by atoms with Gasteiger partial charge in [-0.25, -0.2) is 0 Å². The molecule has 4 nitrogen and oxygen atoms in total. The number of nitrogens with two attached hydrogens (primary N) is 1. The van der Waals surface area contributed by atoms with Gasteiger partial charge >= 0.3 is 0 Å². The Bertz CT molecular complexity index is 981. The van der Waals surface area contributed by atoms with E-state index in [1.54, 1.807) is 0 Å². The number of quaternary nitrogens is 1. The Morgan fingerprint density at radius 3 is 2.60 bits per heavy atom. The molecule has 0 amide bonds. The van der Waals surface area contributed by atoms with Crippen LogP contribution in [-0.2, 0) is 4.79 Å². The van der Waals surface area contributed by atoms with Crippen molar-refractivity contribution in [2.45, 2.75) is 136 Å². The van der Waals surface area contributed by atoms with Gasteiger partial charge in [0.05, 0.1) is 18.8 Å². The smallest absolute Gasteiger partial charge is 0.133 e. The van der Waals surface area contributed by atoms with Crippen LogP contribution >= 0.6 is 0 Å². The third-order valence-corrected chi connectivity index (χ3v) is 12.4. The van der Waals surface area contributed by atoms with Crippen molar-refractivity contribution in [2.75, 3.05) is 6.61 Å². The minimum absolute atomic E-state index is 0. The minimum atomic E-state index is -0.194. The maximum absolute atomic E-state index is 12.2. The molecule has 40 heavy (non-hydrogen) atoms. The van der Waals surface area contributed by atoms with E-state index >= 15 is 0 Å². The maximum Gasteiger partial charge on any atom is 0.133 e. The number of Topliss-reactive ketones (excluding diaryl/α,β-unsaturated/α-hetero) is 1. The van der Waals surface area contributed by atoms with E-state index in [9.17, 15) is 9.90 Å². The molecule has 8 atom stereocenters. The number of rotatable bonds is 11. The van der Waals surface area contributed by atoms with Gasteiger partial charge in [-0.2, -0.15) is 0 Å². The second kappa shape index (κ2) is 13.5. The number of carbonyl (C=O) groups is 1. The topological polar surface area (TPSA) is 63.1 Å².